The summed E-state index contributed by atoms with van der Waals surface area (Å²) in [5.41, 5.74) is 1.02. The van der Waals surface area contributed by atoms with E-state index in [-0.39, 0.29) is 17.1 Å². The smallest absolute Gasteiger partial charge is 0.272 e. The lowest BCUT2D eigenvalue weighted by Crippen LogP contribution is -2.30. The normalized spacial score (nSPS) is 10.9. The molecule has 8 nitrogen and oxygen atoms in total. The van der Waals surface area contributed by atoms with E-state index < -0.39 is 16.7 Å². The predicted octanol–water partition coefficient (Wildman–Crippen LogP) is 3.71. The molecule has 0 atom stereocenters. The van der Waals surface area contributed by atoms with Crippen LogP contribution in [-0.2, 0) is 4.79 Å². The zero-order chi connectivity index (χ0) is 21.5. The lowest BCUT2D eigenvalue weighted by molar-refractivity contribution is -0.384. The van der Waals surface area contributed by atoms with Crippen LogP contribution in [0.25, 0.3) is 6.08 Å². The molecule has 3 aromatic carbocycles. The van der Waals surface area contributed by atoms with E-state index in [4.69, 9.17) is 0 Å². The van der Waals surface area contributed by atoms with Gasteiger partial charge in [-0.05, 0) is 48.0 Å². The number of nitrogens with one attached hydrogen (secondary N) is 2. The van der Waals surface area contributed by atoms with E-state index >= 15 is 0 Å². The largest absolute Gasteiger partial charge is 0.508 e. The van der Waals surface area contributed by atoms with Crippen LogP contribution in [0.4, 0.5) is 11.4 Å². The van der Waals surface area contributed by atoms with Gasteiger partial charge in [0.2, 0.25) is 0 Å². The van der Waals surface area contributed by atoms with Gasteiger partial charge < -0.3 is 15.7 Å². The maximum absolute atomic E-state index is 12.8. The van der Waals surface area contributed by atoms with Gasteiger partial charge in [0.1, 0.15) is 11.4 Å². The van der Waals surface area contributed by atoms with Gasteiger partial charge >= 0.3 is 0 Å². The van der Waals surface area contributed by atoms with Crippen LogP contribution < -0.4 is 10.6 Å². The molecule has 0 bridgehead atoms. The van der Waals surface area contributed by atoms with Crippen LogP contribution in [0.15, 0.2) is 84.6 Å². The van der Waals surface area contributed by atoms with Crippen LogP contribution in [0.5, 0.6) is 5.75 Å². The topological polar surface area (TPSA) is 122 Å². The molecule has 0 aliphatic rings. The van der Waals surface area contributed by atoms with Crippen molar-refractivity contribution in [3.63, 3.8) is 0 Å². The van der Waals surface area contributed by atoms with Crippen molar-refractivity contribution in [2.75, 3.05) is 5.32 Å². The summed E-state index contributed by atoms with van der Waals surface area (Å²) in [4.78, 5) is 35.6. The van der Waals surface area contributed by atoms with Crippen molar-refractivity contribution < 1.29 is 19.6 Å². The van der Waals surface area contributed by atoms with Crippen LogP contribution in [0.3, 0.4) is 0 Å². The zero-order valence-electron chi connectivity index (χ0n) is 15.6. The summed E-state index contributed by atoms with van der Waals surface area (Å²) in [6, 6.07) is 19.9. The van der Waals surface area contributed by atoms with Gasteiger partial charge in [0, 0.05) is 29.4 Å². The molecule has 0 aliphatic heterocycles. The molecule has 0 spiro atoms. The number of rotatable bonds is 6. The summed E-state index contributed by atoms with van der Waals surface area (Å²) in [7, 11) is 0. The van der Waals surface area contributed by atoms with E-state index in [0.717, 1.165) is 0 Å². The van der Waals surface area contributed by atoms with Crippen molar-refractivity contribution in [1.82, 2.24) is 5.32 Å². The van der Waals surface area contributed by atoms with Gasteiger partial charge in [-0.3, -0.25) is 19.7 Å². The van der Waals surface area contributed by atoms with Crippen molar-refractivity contribution >= 4 is 29.3 Å². The first-order valence-corrected chi connectivity index (χ1v) is 8.85. The number of hydrogen-bond acceptors (Lipinski definition) is 5. The molecule has 3 rings (SSSR count). The van der Waals surface area contributed by atoms with Gasteiger partial charge in [0.25, 0.3) is 17.5 Å². The highest BCUT2D eigenvalue weighted by atomic mass is 16.6. The minimum absolute atomic E-state index is 0.0259. The van der Waals surface area contributed by atoms with Crippen LogP contribution in [0, 0.1) is 10.1 Å². The Labute approximate surface area is 171 Å². The second-order valence-corrected chi connectivity index (χ2v) is 6.23. The second kappa shape index (κ2) is 9.16. The number of phenols is 1. The highest BCUT2D eigenvalue weighted by Crippen LogP contribution is 2.18. The number of carbonyl (C=O) groups is 2. The van der Waals surface area contributed by atoms with E-state index in [1.165, 1.54) is 42.5 Å². The number of amides is 2. The Morgan fingerprint density at radius 2 is 1.63 bits per heavy atom. The predicted molar refractivity (Wildman–Crippen MR) is 112 cm³/mol. The monoisotopic (exact) mass is 403 g/mol. The Kier molecular flexibility index (Phi) is 6.19. The molecule has 0 aliphatic carbocycles. The summed E-state index contributed by atoms with van der Waals surface area (Å²) < 4.78 is 0. The molecule has 30 heavy (non-hydrogen) atoms. The minimum atomic E-state index is -0.622. The third kappa shape index (κ3) is 5.29. The number of anilines is 1. The molecular formula is C22H17N3O5. The number of nitrogens with zero attached hydrogens (tertiary/aromatic N) is 1. The third-order valence-corrected chi connectivity index (χ3v) is 4.05. The quantitative estimate of drug-likeness (QED) is 0.329. The number of nitro benzene ring substituents is 1. The van der Waals surface area contributed by atoms with Gasteiger partial charge in [-0.15, -0.1) is 0 Å². The molecule has 0 saturated heterocycles. The summed E-state index contributed by atoms with van der Waals surface area (Å²) in [5, 5.41) is 25.6. The number of carbonyl (C=O) groups excluding carboxylic acids is 2. The Morgan fingerprint density at radius 3 is 2.27 bits per heavy atom. The highest BCUT2D eigenvalue weighted by molar-refractivity contribution is 6.10. The number of phenolic OH excluding ortho intramolecular Hbond substituents is 1. The lowest BCUT2D eigenvalue weighted by atomic mass is 10.1. The van der Waals surface area contributed by atoms with Crippen molar-refractivity contribution in [2.45, 2.75) is 0 Å². The van der Waals surface area contributed by atoms with E-state index in [9.17, 15) is 24.8 Å². The standard InChI is InChI=1S/C22H17N3O5/c26-19-8-4-7-17(14-19)23-22(28)20(24-21(27)16-5-2-1-3-6-16)13-15-9-11-18(12-10-15)25(29)30/h1-14,26H,(H,23,28)(H,24,27). The maximum Gasteiger partial charge on any atom is 0.272 e. The van der Waals surface area contributed by atoms with Gasteiger partial charge in [-0.25, -0.2) is 0 Å². The SMILES string of the molecule is O=C(Nc1cccc(O)c1)C(=Cc1ccc([N+](=O)[O-])cc1)NC(=O)c1ccccc1. The third-order valence-electron chi connectivity index (χ3n) is 4.05. The number of benzene rings is 3. The van der Waals surface area contributed by atoms with Gasteiger partial charge in [-0.2, -0.15) is 0 Å². The fraction of sp³-hybridized carbons (Fsp3) is 0. The fourth-order valence-corrected chi connectivity index (χ4v) is 2.58. The van der Waals surface area contributed by atoms with Gasteiger partial charge in [0.15, 0.2) is 0 Å². The molecule has 0 unspecified atom stereocenters. The molecule has 150 valence electrons. The average Bonchev–Trinajstić information content (AvgIpc) is 2.74. The highest BCUT2D eigenvalue weighted by Gasteiger charge is 2.15. The summed E-state index contributed by atoms with van der Waals surface area (Å²) in [6.07, 6.45) is 1.41. The van der Waals surface area contributed by atoms with E-state index in [0.29, 0.717) is 16.8 Å². The molecule has 3 aromatic rings. The molecule has 8 heteroatoms. The first kappa shape index (κ1) is 20.3. The summed E-state index contributed by atoms with van der Waals surface area (Å²) in [5.74, 6) is -1.14. The van der Waals surface area contributed by atoms with Gasteiger partial charge in [-0.1, -0.05) is 24.3 Å². The van der Waals surface area contributed by atoms with Crippen LogP contribution in [-0.4, -0.2) is 21.8 Å². The molecular weight excluding hydrogens is 386 g/mol. The molecule has 0 radical (unpaired) electrons. The fourth-order valence-electron chi connectivity index (χ4n) is 2.58. The maximum atomic E-state index is 12.8. The molecule has 0 fully saturated rings. The van der Waals surface area contributed by atoms with Crippen LogP contribution >= 0.6 is 0 Å². The summed E-state index contributed by atoms with van der Waals surface area (Å²) in [6.45, 7) is 0. The van der Waals surface area contributed by atoms with Crippen LogP contribution in [0.2, 0.25) is 0 Å². The first-order chi connectivity index (χ1) is 14.4. The number of non-ortho nitro benzene ring substituents is 1. The molecule has 0 heterocycles. The Bertz CT molecular complexity index is 1110. The van der Waals surface area contributed by atoms with E-state index in [1.807, 2.05) is 0 Å². The van der Waals surface area contributed by atoms with Crippen molar-refractivity contribution in [3.8, 4) is 5.75 Å². The van der Waals surface area contributed by atoms with Gasteiger partial charge in [0.05, 0.1) is 4.92 Å². The van der Waals surface area contributed by atoms with Crippen molar-refractivity contribution in [2.24, 2.45) is 0 Å². The number of nitro groups is 1. The van der Waals surface area contributed by atoms with Crippen molar-refractivity contribution in [3.05, 3.63) is 106 Å². The lowest BCUT2D eigenvalue weighted by Gasteiger charge is -2.11. The first-order valence-electron chi connectivity index (χ1n) is 8.85. The van der Waals surface area contributed by atoms with Crippen LogP contribution in [0.1, 0.15) is 15.9 Å². The Balaban J connectivity index is 1.89. The number of aromatic hydroxyl groups is 1. The molecule has 2 amide bonds. The van der Waals surface area contributed by atoms with E-state index in [2.05, 4.69) is 10.6 Å². The Hall–Kier alpha value is -4.46. The number of hydrogen-bond donors (Lipinski definition) is 3. The molecule has 3 N–H and O–H groups in total. The zero-order valence-corrected chi connectivity index (χ0v) is 15.6. The van der Waals surface area contributed by atoms with Crippen molar-refractivity contribution in [1.29, 1.82) is 0 Å². The second-order valence-electron chi connectivity index (χ2n) is 6.23. The molecule has 0 aromatic heterocycles. The Morgan fingerprint density at radius 1 is 0.933 bits per heavy atom. The minimum Gasteiger partial charge on any atom is -0.508 e. The molecule has 0 saturated carbocycles. The summed E-state index contributed by atoms with van der Waals surface area (Å²) >= 11 is 0. The average molecular weight is 403 g/mol. The van der Waals surface area contributed by atoms with E-state index in [1.54, 1.807) is 42.5 Å².